The number of hydrogen-bond donors (Lipinski definition) is 2. The second-order valence-corrected chi connectivity index (χ2v) is 3.47. The molecule has 0 saturated heterocycles. The van der Waals surface area contributed by atoms with Gasteiger partial charge in [-0.15, -0.1) is 0 Å². The van der Waals surface area contributed by atoms with Crippen molar-refractivity contribution in [3.63, 3.8) is 0 Å². The Morgan fingerprint density at radius 3 is 2.56 bits per heavy atom. The summed E-state index contributed by atoms with van der Waals surface area (Å²) in [6.07, 6.45) is 1.87. The van der Waals surface area contributed by atoms with E-state index >= 15 is 0 Å². The van der Waals surface area contributed by atoms with E-state index in [9.17, 15) is 4.79 Å². The zero-order chi connectivity index (χ0) is 12.0. The molecule has 4 heteroatoms. The first kappa shape index (κ1) is 12.3. The molecule has 0 spiro atoms. The van der Waals surface area contributed by atoms with Gasteiger partial charge < -0.3 is 15.6 Å². The summed E-state index contributed by atoms with van der Waals surface area (Å²) < 4.78 is 5.11. The van der Waals surface area contributed by atoms with Gasteiger partial charge in [0.1, 0.15) is 5.75 Å². The molecular weight excluding hydrogens is 206 g/mol. The summed E-state index contributed by atoms with van der Waals surface area (Å²) in [5.41, 5.74) is 6.80. The topological polar surface area (TPSA) is 72.5 Å². The summed E-state index contributed by atoms with van der Waals surface area (Å²) in [7, 11) is 0. The number of ether oxygens (including phenoxy) is 1. The summed E-state index contributed by atoms with van der Waals surface area (Å²) in [5, 5.41) is 8.85. The van der Waals surface area contributed by atoms with Gasteiger partial charge in [-0.05, 0) is 30.2 Å². The van der Waals surface area contributed by atoms with Gasteiger partial charge in [0, 0.05) is 0 Å². The van der Waals surface area contributed by atoms with E-state index in [1.54, 1.807) is 12.1 Å². The number of aliphatic hydroxyl groups is 1. The van der Waals surface area contributed by atoms with Gasteiger partial charge in [-0.1, -0.05) is 18.2 Å². The van der Waals surface area contributed by atoms with Gasteiger partial charge in [0.2, 0.25) is 0 Å². The van der Waals surface area contributed by atoms with Crippen LogP contribution in [0.3, 0.4) is 0 Å². The molecule has 0 aliphatic heterocycles. The Morgan fingerprint density at radius 2 is 2.06 bits per heavy atom. The third-order valence-corrected chi connectivity index (χ3v) is 1.92. The number of aliphatic hydroxyl groups excluding tert-OH is 1. The van der Waals surface area contributed by atoms with Gasteiger partial charge >= 0.3 is 0 Å². The Bertz CT molecular complexity index is 382. The molecule has 86 valence electrons. The molecule has 1 amide bonds. The van der Waals surface area contributed by atoms with Crippen molar-refractivity contribution in [2.24, 2.45) is 5.73 Å². The maximum Gasteiger partial charge on any atom is 0.255 e. The molecule has 0 aromatic heterocycles. The smallest absolute Gasteiger partial charge is 0.255 e. The molecule has 4 nitrogen and oxygen atoms in total. The zero-order valence-electron chi connectivity index (χ0n) is 9.14. The van der Waals surface area contributed by atoms with Crippen LogP contribution in [0.5, 0.6) is 5.75 Å². The molecule has 0 saturated carbocycles. The van der Waals surface area contributed by atoms with Crippen LogP contribution in [0.1, 0.15) is 12.5 Å². The fraction of sp³-hybridized carbons (Fsp3) is 0.250. The third kappa shape index (κ3) is 4.14. The van der Waals surface area contributed by atoms with Crippen molar-refractivity contribution in [2.75, 3.05) is 13.2 Å². The van der Waals surface area contributed by atoms with Gasteiger partial charge in [-0.25, -0.2) is 0 Å². The summed E-state index contributed by atoms with van der Waals surface area (Å²) in [4.78, 5) is 10.5. The van der Waals surface area contributed by atoms with Crippen molar-refractivity contribution in [1.29, 1.82) is 0 Å². The van der Waals surface area contributed by atoms with E-state index in [4.69, 9.17) is 15.6 Å². The molecule has 0 radical (unpaired) electrons. The number of carbonyl (C=O) groups is 1. The fourth-order valence-corrected chi connectivity index (χ4v) is 1.14. The van der Waals surface area contributed by atoms with Crippen LogP contribution in [0.2, 0.25) is 0 Å². The molecule has 1 rings (SSSR count). The normalized spacial score (nSPS) is 11.2. The van der Waals surface area contributed by atoms with Crippen LogP contribution in [-0.2, 0) is 4.79 Å². The summed E-state index contributed by atoms with van der Waals surface area (Å²) in [6.45, 7) is 1.77. The Balaban J connectivity index is 2.64. The summed E-state index contributed by atoms with van der Waals surface area (Å²) in [5.74, 6) is 0.0951. The monoisotopic (exact) mass is 221 g/mol. The Kier molecular flexibility index (Phi) is 4.54. The van der Waals surface area contributed by atoms with Crippen molar-refractivity contribution < 1.29 is 14.6 Å². The van der Waals surface area contributed by atoms with E-state index < -0.39 is 5.91 Å². The lowest BCUT2D eigenvalue weighted by molar-refractivity contribution is -0.119. The number of primary amides is 1. The second-order valence-electron chi connectivity index (χ2n) is 3.47. The highest BCUT2D eigenvalue weighted by molar-refractivity contribution is 5.75. The van der Waals surface area contributed by atoms with Crippen molar-refractivity contribution in [2.45, 2.75) is 6.92 Å². The standard InChI is InChI=1S/C12H15NO3/c1-9(7-14)6-10-2-4-11(5-3-10)16-8-12(13)15/h2-6,14H,7-8H2,1H3,(H2,13,15). The molecule has 0 fully saturated rings. The minimum Gasteiger partial charge on any atom is -0.484 e. The number of hydrogen-bond acceptors (Lipinski definition) is 3. The molecule has 0 unspecified atom stereocenters. The van der Waals surface area contributed by atoms with E-state index in [1.165, 1.54) is 0 Å². The predicted octanol–water partition coefficient (Wildman–Crippen LogP) is 0.946. The quantitative estimate of drug-likeness (QED) is 0.777. The van der Waals surface area contributed by atoms with Crippen molar-refractivity contribution in [1.82, 2.24) is 0 Å². The molecule has 0 bridgehead atoms. The summed E-state index contributed by atoms with van der Waals surface area (Å²) in [6, 6.07) is 7.18. The minimum atomic E-state index is -0.500. The number of nitrogens with two attached hydrogens (primary N) is 1. The van der Waals surface area contributed by atoms with E-state index in [0.717, 1.165) is 11.1 Å². The first-order valence-electron chi connectivity index (χ1n) is 4.91. The molecule has 0 heterocycles. The number of benzene rings is 1. The molecule has 1 aromatic rings. The van der Waals surface area contributed by atoms with Crippen molar-refractivity contribution >= 4 is 12.0 Å². The van der Waals surface area contributed by atoms with E-state index in [1.807, 2.05) is 25.1 Å². The van der Waals surface area contributed by atoms with Gasteiger partial charge in [-0.3, -0.25) is 4.79 Å². The Hall–Kier alpha value is -1.81. The number of amides is 1. The van der Waals surface area contributed by atoms with Crippen molar-refractivity contribution in [3.8, 4) is 5.75 Å². The molecule has 1 aromatic carbocycles. The van der Waals surface area contributed by atoms with E-state index in [2.05, 4.69) is 0 Å². The predicted molar refractivity (Wildman–Crippen MR) is 61.9 cm³/mol. The molecule has 16 heavy (non-hydrogen) atoms. The highest BCUT2D eigenvalue weighted by atomic mass is 16.5. The highest BCUT2D eigenvalue weighted by Crippen LogP contribution is 2.14. The summed E-state index contributed by atoms with van der Waals surface area (Å²) >= 11 is 0. The van der Waals surface area contributed by atoms with Crippen LogP contribution < -0.4 is 10.5 Å². The second kappa shape index (κ2) is 5.92. The third-order valence-electron chi connectivity index (χ3n) is 1.92. The van der Waals surface area contributed by atoms with Crippen LogP contribution in [0, 0.1) is 0 Å². The van der Waals surface area contributed by atoms with Crippen molar-refractivity contribution in [3.05, 3.63) is 35.4 Å². The van der Waals surface area contributed by atoms with Crippen LogP contribution in [0.25, 0.3) is 6.08 Å². The van der Waals surface area contributed by atoms with Crippen LogP contribution in [-0.4, -0.2) is 24.2 Å². The average molecular weight is 221 g/mol. The Labute approximate surface area is 94.3 Å². The largest absolute Gasteiger partial charge is 0.484 e. The van der Waals surface area contributed by atoms with Crippen LogP contribution in [0.4, 0.5) is 0 Å². The lowest BCUT2D eigenvalue weighted by Gasteiger charge is -2.03. The SMILES string of the molecule is CC(=Cc1ccc(OCC(N)=O)cc1)CO. The first-order chi connectivity index (χ1) is 7.61. The zero-order valence-corrected chi connectivity index (χ0v) is 9.14. The van der Waals surface area contributed by atoms with Gasteiger partial charge in [0.15, 0.2) is 6.61 Å². The molecule has 0 aliphatic carbocycles. The van der Waals surface area contributed by atoms with Gasteiger partial charge in [0.05, 0.1) is 6.61 Å². The molecule has 0 atom stereocenters. The first-order valence-corrected chi connectivity index (χ1v) is 4.91. The maximum atomic E-state index is 10.5. The lowest BCUT2D eigenvalue weighted by atomic mass is 10.1. The average Bonchev–Trinajstić information content (AvgIpc) is 2.28. The highest BCUT2D eigenvalue weighted by Gasteiger charge is 1.97. The van der Waals surface area contributed by atoms with Crippen LogP contribution >= 0.6 is 0 Å². The molecule has 3 N–H and O–H groups in total. The minimum absolute atomic E-state index is 0.0416. The lowest BCUT2D eigenvalue weighted by Crippen LogP contribution is -2.19. The Morgan fingerprint density at radius 1 is 1.44 bits per heavy atom. The number of carbonyl (C=O) groups excluding carboxylic acids is 1. The molecular formula is C12H15NO3. The maximum absolute atomic E-state index is 10.5. The van der Waals surface area contributed by atoms with Gasteiger partial charge in [0.25, 0.3) is 5.91 Å². The fourth-order valence-electron chi connectivity index (χ4n) is 1.14. The number of rotatable bonds is 5. The molecule has 0 aliphatic rings. The van der Waals surface area contributed by atoms with E-state index in [-0.39, 0.29) is 13.2 Å². The van der Waals surface area contributed by atoms with E-state index in [0.29, 0.717) is 5.75 Å². The van der Waals surface area contributed by atoms with Gasteiger partial charge in [-0.2, -0.15) is 0 Å². The van der Waals surface area contributed by atoms with Crippen LogP contribution in [0.15, 0.2) is 29.8 Å².